The summed E-state index contributed by atoms with van der Waals surface area (Å²) in [5.74, 6) is 0.0753. The van der Waals surface area contributed by atoms with Crippen LogP contribution in [0.2, 0.25) is 0 Å². The summed E-state index contributed by atoms with van der Waals surface area (Å²) in [6, 6.07) is 11.2. The molecule has 2 aromatic carbocycles. The second kappa shape index (κ2) is 2.52. The van der Waals surface area contributed by atoms with Crippen LogP contribution >= 0.6 is 0 Å². The third-order valence-corrected chi connectivity index (χ3v) is 1.97. The molecule has 1 nitrogen and oxygen atoms in total. The maximum absolute atomic E-state index is 11.0. The van der Waals surface area contributed by atoms with Gasteiger partial charge in [0.05, 0.1) is 0 Å². The van der Waals surface area contributed by atoms with Crippen molar-refractivity contribution in [2.45, 2.75) is 6.92 Å². The Kier molecular flexibility index (Phi) is 1.51. The Morgan fingerprint density at radius 1 is 0.917 bits per heavy atom. The predicted octanol–water partition coefficient (Wildman–Crippen LogP) is 3.29. The Bertz CT molecular complexity index is 377. The summed E-state index contributed by atoms with van der Waals surface area (Å²) >= 11 is 0. The lowest BCUT2D eigenvalue weighted by atomic mass is 10.1. The Morgan fingerprint density at radius 2 is 1.58 bits per heavy atom. The summed E-state index contributed by atoms with van der Waals surface area (Å²) in [7, 11) is 0. The molecule has 0 saturated heterocycles. The molecular weight excluding hydrogens is 148 g/mol. The van der Waals surface area contributed by atoms with Crippen molar-refractivity contribution in [3.8, 4) is 5.75 Å². The number of rotatable bonds is 0. The van der Waals surface area contributed by atoms with E-state index in [0.717, 1.165) is 10.8 Å². The molecule has 0 heterocycles. The predicted molar refractivity (Wildman–Crippen MR) is 48.8 cm³/mol. The lowest BCUT2D eigenvalue weighted by Gasteiger charge is -1.98. The van der Waals surface area contributed by atoms with Crippen LogP contribution in [-0.4, -0.2) is 0 Å². The molecule has 0 aliphatic carbocycles. The summed E-state index contributed by atoms with van der Waals surface area (Å²) in [4.78, 5) is 0. The van der Waals surface area contributed by atoms with Gasteiger partial charge in [0.25, 0.3) is 0 Å². The molecule has 12 heavy (non-hydrogen) atoms. The molecule has 1 heteroatoms. The summed E-state index contributed by atoms with van der Waals surface area (Å²) < 4.78 is 0. The topological polar surface area (TPSA) is 19.9 Å². The van der Waals surface area contributed by atoms with Crippen molar-refractivity contribution in [2.75, 3.05) is 0 Å². The Balaban J connectivity index is 2.79. The van der Waals surface area contributed by atoms with Gasteiger partial charge in [-0.1, -0.05) is 29.8 Å². The fourth-order valence-corrected chi connectivity index (χ4v) is 1.34. The Labute approximate surface area is 71.3 Å². The normalized spacial score (nSPS) is 10.4. The molecule has 0 atom stereocenters. The summed E-state index contributed by atoms with van der Waals surface area (Å²) in [5.41, 5.74) is 1.22. The highest BCUT2D eigenvalue weighted by Crippen LogP contribution is 2.20. The largest absolute Gasteiger partial charge is 0.290 e. The minimum absolute atomic E-state index is 0.0753. The van der Waals surface area contributed by atoms with E-state index in [-0.39, 0.29) is 5.75 Å². The first-order valence-corrected chi connectivity index (χ1v) is 3.93. The smallest absolute Gasteiger partial charge is 0.179 e. The molecule has 2 rings (SSSR count). The van der Waals surface area contributed by atoms with Gasteiger partial charge in [0.2, 0.25) is 0 Å². The molecule has 0 saturated carbocycles. The fourth-order valence-electron chi connectivity index (χ4n) is 1.34. The van der Waals surface area contributed by atoms with Crippen LogP contribution < -0.4 is 0 Å². The zero-order valence-electron chi connectivity index (χ0n) is 6.87. The van der Waals surface area contributed by atoms with E-state index >= 15 is 0 Å². The first-order chi connectivity index (χ1) is 5.75. The summed E-state index contributed by atoms with van der Waals surface area (Å²) in [6.07, 6.45) is 0. The van der Waals surface area contributed by atoms with Gasteiger partial charge in [0.1, 0.15) is 0 Å². The Morgan fingerprint density at radius 3 is 2.42 bits per heavy atom. The van der Waals surface area contributed by atoms with Crippen molar-refractivity contribution in [3.05, 3.63) is 42.0 Å². The highest BCUT2D eigenvalue weighted by molar-refractivity contribution is 5.84. The number of fused-ring (bicyclic) bond motifs is 1. The molecule has 0 spiro atoms. The summed E-state index contributed by atoms with van der Waals surface area (Å²) in [6.45, 7) is 2.05. The summed E-state index contributed by atoms with van der Waals surface area (Å²) in [5, 5.41) is 13.1. The van der Waals surface area contributed by atoms with Crippen LogP contribution in [0.4, 0.5) is 0 Å². The zero-order valence-corrected chi connectivity index (χ0v) is 6.87. The van der Waals surface area contributed by atoms with Crippen LogP contribution in [0.1, 0.15) is 5.56 Å². The van der Waals surface area contributed by atoms with E-state index in [0.29, 0.717) is 0 Å². The van der Waals surface area contributed by atoms with Crippen LogP contribution in [0.3, 0.4) is 0 Å². The van der Waals surface area contributed by atoms with Gasteiger partial charge in [0.15, 0.2) is 5.75 Å². The van der Waals surface area contributed by atoms with Crippen LogP contribution in [-0.2, 0) is 5.11 Å². The molecule has 0 unspecified atom stereocenters. The van der Waals surface area contributed by atoms with E-state index in [1.54, 1.807) is 12.1 Å². The lowest BCUT2D eigenvalue weighted by molar-refractivity contribution is 0.355. The van der Waals surface area contributed by atoms with Crippen LogP contribution in [0.15, 0.2) is 36.4 Å². The number of aryl methyl sites for hydroxylation is 1. The van der Waals surface area contributed by atoms with Gasteiger partial charge in [-0.15, -0.1) is 0 Å². The van der Waals surface area contributed by atoms with Crippen LogP contribution in [0.5, 0.6) is 5.75 Å². The van der Waals surface area contributed by atoms with E-state index in [9.17, 15) is 5.11 Å². The molecule has 59 valence electrons. The SMILES string of the molecule is Cc1ccc2cc([O])ccc2c1. The average Bonchev–Trinajstić information content (AvgIpc) is 2.05. The molecular formula is C11H9O. The van der Waals surface area contributed by atoms with Crippen LogP contribution in [0, 0.1) is 6.92 Å². The first-order valence-electron chi connectivity index (χ1n) is 3.93. The monoisotopic (exact) mass is 157 g/mol. The molecule has 1 radical (unpaired) electrons. The molecule has 0 N–H and O–H groups in total. The molecule has 0 aromatic heterocycles. The van der Waals surface area contributed by atoms with E-state index in [1.807, 2.05) is 25.1 Å². The van der Waals surface area contributed by atoms with Gasteiger partial charge in [-0.2, -0.15) is 0 Å². The van der Waals surface area contributed by atoms with E-state index in [2.05, 4.69) is 6.07 Å². The van der Waals surface area contributed by atoms with Crippen molar-refractivity contribution in [1.29, 1.82) is 0 Å². The van der Waals surface area contributed by atoms with Crippen LogP contribution in [0.25, 0.3) is 10.8 Å². The first kappa shape index (κ1) is 7.17. The van der Waals surface area contributed by atoms with Gasteiger partial charge in [0, 0.05) is 0 Å². The fraction of sp³-hybridized carbons (Fsp3) is 0.0909. The van der Waals surface area contributed by atoms with Crippen molar-refractivity contribution in [2.24, 2.45) is 0 Å². The number of benzene rings is 2. The van der Waals surface area contributed by atoms with Crippen molar-refractivity contribution in [3.63, 3.8) is 0 Å². The highest BCUT2D eigenvalue weighted by Gasteiger charge is 1.95. The zero-order chi connectivity index (χ0) is 8.55. The maximum Gasteiger partial charge on any atom is 0.179 e. The quantitative estimate of drug-likeness (QED) is 0.559. The van der Waals surface area contributed by atoms with E-state index < -0.39 is 0 Å². The molecule has 0 aliphatic rings. The number of hydrogen-bond donors (Lipinski definition) is 0. The second-order valence-electron chi connectivity index (χ2n) is 3.01. The molecule has 0 fully saturated rings. The Hall–Kier alpha value is -1.50. The molecule has 0 amide bonds. The van der Waals surface area contributed by atoms with Gasteiger partial charge in [-0.3, -0.25) is 5.11 Å². The minimum atomic E-state index is 0.0753. The second-order valence-corrected chi connectivity index (χ2v) is 3.01. The standard InChI is InChI=1S/C11H9O/c1-8-2-3-10-7-11(12)5-4-9(10)6-8/h2-7H,1H3. The van der Waals surface area contributed by atoms with Crippen molar-refractivity contribution in [1.82, 2.24) is 0 Å². The lowest BCUT2D eigenvalue weighted by Crippen LogP contribution is -1.74. The van der Waals surface area contributed by atoms with E-state index in [1.165, 1.54) is 5.56 Å². The van der Waals surface area contributed by atoms with Gasteiger partial charge in [-0.25, -0.2) is 0 Å². The third kappa shape index (κ3) is 1.14. The van der Waals surface area contributed by atoms with Crippen molar-refractivity contribution < 1.29 is 5.11 Å². The molecule has 2 aromatic rings. The van der Waals surface area contributed by atoms with Gasteiger partial charge in [-0.05, 0) is 29.8 Å². The molecule has 0 bridgehead atoms. The average molecular weight is 157 g/mol. The van der Waals surface area contributed by atoms with Gasteiger partial charge >= 0.3 is 0 Å². The maximum atomic E-state index is 11.0. The minimum Gasteiger partial charge on any atom is -0.290 e. The third-order valence-electron chi connectivity index (χ3n) is 1.97. The highest BCUT2D eigenvalue weighted by atomic mass is 16.3. The van der Waals surface area contributed by atoms with E-state index in [4.69, 9.17) is 0 Å². The number of hydrogen-bond acceptors (Lipinski definition) is 0. The van der Waals surface area contributed by atoms with Crippen molar-refractivity contribution >= 4 is 10.8 Å². The molecule has 0 aliphatic heterocycles. The van der Waals surface area contributed by atoms with Gasteiger partial charge < -0.3 is 0 Å².